The molecule has 0 aliphatic rings. The van der Waals surface area contributed by atoms with E-state index in [0.717, 1.165) is 31.9 Å². The molecule has 1 atom stereocenters. The van der Waals surface area contributed by atoms with Crippen LogP contribution in [-0.4, -0.2) is 36.8 Å². The molecular formula is C17H29BrN2S. The molecule has 0 heterocycles. The second kappa shape index (κ2) is 10.7. The van der Waals surface area contributed by atoms with Crippen molar-refractivity contribution in [3.05, 3.63) is 28.2 Å². The summed E-state index contributed by atoms with van der Waals surface area (Å²) in [6.07, 6.45) is 1.17. The highest BCUT2D eigenvalue weighted by Crippen LogP contribution is 2.30. The third-order valence-corrected chi connectivity index (χ3v) is 5.69. The van der Waals surface area contributed by atoms with E-state index in [2.05, 4.69) is 72.0 Å². The Balaban J connectivity index is 2.53. The van der Waals surface area contributed by atoms with Gasteiger partial charge >= 0.3 is 0 Å². The third-order valence-electron chi connectivity index (χ3n) is 3.72. The van der Waals surface area contributed by atoms with Crippen molar-refractivity contribution in [1.82, 2.24) is 10.2 Å². The number of hydrogen-bond acceptors (Lipinski definition) is 3. The van der Waals surface area contributed by atoms with Crippen molar-refractivity contribution in [2.45, 2.75) is 45.1 Å². The van der Waals surface area contributed by atoms with Crippen molar-refractivity contribution >= 4 is 27.7 Å². The molecule has 21 heavy (non-hydrogen) atoms. The smallest absolute Gasteiger partial charge is 0.0314 e. The van der Waals surface area contributed by atoms with Crippen LogP contribution in [0.25, 0.3) is 0 Å². The number of benzene rings is 1. The summed E-state index contributed by atoms with van der Waals surface area (Å²) in [6.45, 7) is 13.4. The Hall–Kier alpha value is -0.0300. The molecule has 0 radical (unpaired) electrons. The van der Waals surface area contributed by atoms with Gasteiger partial charge in [0.05, 0.1) is 0 Å². The lowest BCUT2D eigenvalue weighted by atomic mass is 10.1. The van der Waals surface area contributed by atoms with Crippen LogP contribution in [0.5, 0.6) is 0 Å². The Bertz CT molecular complexity index is 408. The summed E-state index contributed by atoms with van der Waals surface area (Å²) in [5, 5.41) is 3.53. The largest absolute Gasteiger partial charge is 0.310 e. The number of rotatable bonds is 10. The molecule has 0 aromatic heterocycles. The highest BCUT2D eigenvalue weighted by molar-refractivity contribution is 9.10. The van der Waals surface area contributed by atoms with Gasteiger partial charge in [-0.1, -0.05) is 26.8 Å². The zero-order chi connectivity index (χ0) is 15.7. The molecule has 1 N–H and O–H groups in total. The van der Waals surface area contributed by atoms with E-state index in [1.54, 1.807) is 0 Å². The van der Waals surface area contributed by atoms with Gasteiger partial charge in [0.25, 0.3) is 0 Å². The van der Waals surface area contributed by atoms with Crippen molar-refractivity contribution < 1.29 is 0 Å². The van der Waals surface area contributed by atoms with E-state index in [0.29, 0.717) is 6.04 Å². The minimum atomic E-state index is 0.413. The van der Waals surface area contributed by atoms with Crippen LogP contribution in [-0.2, 0) is 0 Å². The predicted octanol–water partition coefficient (Wildman–Crippen LogP) is 4.94. The van der Waals surface area contributed by atoms with E-state index in [4.69, 9.17) is 0 Å². The highest BCUT2D eigenvalue weighted by Gasteiger charge is 2.08. The van der Waals surface area contributed by atoms with Gasteiger partial charge in [0.15, 0.2) is 0 Å². The first-order valence-corrected chi connectivity index (χ1v) is 9.78. The molecule has 0 aliphatic heterocycles. The number of nitrogens with zero attached hydrogens (tertiary/aromatic N) is 1. The van der Waals surface area contributed by atoms with Crippen LogP contribution in [0.1, 0.15) is 45.7 Å². The lowest BCUT2D eigenvalue weighted by Crippen LogP contribution is -2.25. The average molecular weight is 373 g/mol. The maximum Gasteiger partial charge on any atom is 0.0314 e. The van der Waals surface area contributed by atoms with Crippen LogP contribution in [0, 0.1) is 0 Å². The molecule has 1 rings (SSSR count). The summed E-state index contributed by atoms with van der Waals surface area (Å²) < 4.78 is 1.22. The van der Waals surface area contributed by atoms with E-state index < -0.39 is 0 Å². The highest BCUT2D eigenvalue weighted by atomic mass is 79.9. The fourth-order valence-corrected chi connectivity index (χ4v) is 3.88. The molecule has 0 saturated heterocycles. The van der Waals surface area contributed by atoms with Gasteiger partial charge in [-0.3, -0.25) is 0 Å². The van der Waals surface area contributed by atoms with Crippen molar-refractivity contribution in [2.75, 3.05) is 31.9 Å². The van der Waals surface area contributed by atoms with Gasteiger partial charge in [-0.15, -0.1) is 11.8 Å². The quantitative estimate of drug-likeness (QED) is 0.585. The Morgan fingerprint density at radius 2 is 1.95 bits per heavy atom. The van der Waals surface area contributed by atoms with Crippen LogP contribution in [0.3, 0.4) is 0 Å². The van der Waals surface area contributed by atoms with E-state index in [9.17, 15) is 0 Å². The molecule has 0 aliphatic carbocycles. The minimum Gasteiger partial charge on any atom is -0.310 e. The molecule has 2 nitrogen and oxygen atoms in total. The van der Waals surface area contributed by atoms with Gasteiger partial charge in [0, 0.05) is 27.7 Å². The first kappa shape index (κ1) is 19.0. The molecule has 4 heteroatoms. The Labute approximate surface area is 143 Å². The number of thioether (sulfide) groups is 1. The number of nitrogens with one attached hydrogen (secondary N) is 1. The summed E-state index contributed by atoms with van der Waals surface area (Å²) >= 11 is 5.66. The third kappa shape index (κ3) is 6.72. The standard InChI is InChI=1S/C17H29BrN2S/c1-5-10-19-14(4)15-8-9-17(16(18)13-15)21-12-11-20(6-2)7-3/h8-9,13-14,19H,5-7,10-12H2,1-4H3. The maximum atomic E-state index is 3.72. The van der Waals surface area contributed by atoms with Crippen molar-refractivity contribution in [3.63, 3.8) is 0 Å². The second-order valence-corrected chi connectivity index (χ2v) is 7.23. The molecule has 0 fully saturated rings. The Kier molecular flexibility index (Phi) is 9.65. The molecule has 0 saturated carbocycles. The zero-order valence-corrected chi connectivity index (χ0v) is 16.2. The van der Waals surface area contributed by atoms with Crippen LogP contribution < -0.4 is 5.32 Å². The summed E-state index contributed by atoms with van der Waals surface area (Å²) in [6, 6.07) is 7.16. The summed E-state index contributed by atoms with van der Waals surface area (Å²) in [7, 11) is 0. The Morgan fingerprint density at radius 3 is 2.52 bits per heavy atom. The van der Waals surface area contributed by atoms with Gasteiger partial charge < -0.3 is 10.2 Å². The molecule has 1 aromatic carbocycles. The summed E-state index contributed by atoms with van der Waals surface area (Å²) in [4.78, 5) is 3.81. The predicted molar refractivity (Wildman–Crippen MR) is 99.4 cm³/mol. The molecular weight excluding hydrogens is 344 g/mol. The Morgan fingerprint density at radius 1 is 1.24 bits per heavy atom. The van der Waals surface area contributed by atoms with E-state index in [1.165, 1.54) is 21.4 Å². The van der Waals surface area contributed by atoms with Gasteiger partial charge in [-0.2, -0.15) is 0 Å². The molecule has 0 bridgehead atoms. The van der Waals surface area contributed by atoms with Crippen molar-refractivity contribution in [3.8, 4) is 0 Å². The van der Waals surface area contributed by atoms with Crippen LogP contribution in [0.2, 0.25) is 0 Å². The summed E-state index contributed by atoms with van der Waals surface area (Å²) in [5.41, 5.74) is 1.35. The number of halogens is 1. The lowest BCUT2D eigenvalue weighted by Gasteiger charge is -2.18. The number of hydrogen-bond donors (Lipinski definition) is 1. The SMILES string of the molecule is CCCNC(C)c1ccc(SCCN(CC)CC)c(Br)c1. The monoisotopic (exact) mass is 372 g/mol. The van der Waals surface area contributed by atoms with Gasteiger partial charge in [-0.25, -0.2) is 0 Å². The van der Waals surface area contributed by atoms with Crippen molar-refractivity contribution in [1.29, 1.82) is 0 Å². The first-order valence-electron chi connectivity index (χ1n) is 8.00. The lowest BCUT2D eigenvalue weighted by molar-refractivity contribution is 0.324. The van der Waals surface area contributed by atoms with Crippen LogP contribution >= 0.6 is 27.7 Å². The maximum absolute atomic E-state index is 3.72. The molecule has 1 unspecified atom stereocenters. The van der Waals surface area contributed by atoms with Crippen LogP contribution in [0.4, 0.5) is 0 Å². The molecule has 1 aromatic rings. The van der Waals surface area contributed by atoms with E-state index in [-0.39, 0.29) is 0 Å². The second-order valence-electron chi connectivity index (χ2n) is 5.24. The average Bonchev–Trinajstić information content (AvgIpc) is 2.50. The van der Waals surface area contributed by atoms with Crippen LogP contribution in [0.15, 0.2) is 27.6 Å². The zero-order valence-electron chi connectivity index (χ0n) is 13.8. The fraction of sp³-hybridized carbons (Fsp3) is 0.647. The van der Waals surface area contributed by atoms with Gasteiger partial charge in [0.1, 0.15) is 0 Å². The van der Waals surface area contributed by atoms with E-state index in [1.807, 2.05) is 11.8 Å². The van der Waals surface area contributed by atoms with Gasteiger partial charge in [0.2, 0.25) is 0 Å². The molecule has 120 valence electrons. The molecule has 0 amide bonds. The van der Waals surface area contributed by atoms with E-state index >= 15 is 0 Å². The molecule has 0 spiro atoms. The fourth-order valence-electron chi connectivity index (χ4n) is 2.21. The minimum absolute atomic E-state index is 0.413. The normalized spacial score (nSPS) is 12.9. The first-order chi connectivity index (χ1) is 10.1. The van der Waals surface area contributed by atoms with Gasteiger partial charge in [-0.05, 0) is 66.6 Å². The summed E-state index contributed by atoms with van der Waals surface area (Å²) in [5.74, 6) is 1.14. The topological polar surface area (TPSA) is 15.3 Å². The van der Waals surface area contributed by atoms with Crippen molar-refractivity contribution in [2.24, 2.45) is 0 Å².